The van der Waals surface area contributed by atoms with Crippen molar-refractivity contribution in [3.8, 4) is 11.1 Å². The summed E-state index contributed by atoms with van der Waals surface area (Å²) in [5.41, 5.74) is 13.0. The highest BCUT2D eigenvalue weighted by Crippen LogP contribution is 2.58. The van der Waals surface area contributed by atoms with Crippen LogP contribution in [0.3, 0.4) is 0 Å². The van der Waals surface area contributed by atoms with Gasteiger partial charge in [0.2, 0.25) is 0 Å². The summed E-state index contributed by atoms with van der Waals surface area (Å²) in [4.78, 5) is 1.34. The molecule has 6 aromatic carbocycles. The van der Waals surface area contributed by atoms with Gasteiger partial charge in [0, 0.05) is 38.7 Å². The predicted octanol–water partition coefficient (Wildman–Crippen LogP) is 11.5. The maximum absolute atomic E-state index is 3.99. The van der Waals surface area contributed by atoms with Crippen LogP contribution in [0.25, 0.3) is 44.5 Å². The van der Waals surface area contributed by atoms with Gasteiger partial charge < -0.3 is 9.88 Å². The summed E-state index contributed by atoms with van der Waals surface area (Å²) < 4.78 is 2.61. The summed E-state index contributed by atoms with van der Waals surface area (Å²) in [6.45, 7) is 0. The van der Waals surface area contributed by atoms with Crippen LogP contribution in [0.4, 0.5) is 5.69 Å². The molecule has 2 nitrogen and oxygen atoms in total. The zero-order valence-corrected chi connectivity index (χ0v) is 25.9. The van der Waals surface area contributed by atoms with E-state index in [9.17, 15) is 0 Å². The molecule has 0 bridgehead atoms. The second kappa shape index (κ2) is 10.1. The molecule has 1 N–H and O–H groups in total. The number of para-hydroxylation sites is 2. The van der Waals surface area contributed by atoms with Gasteiger partial charge in [-0.15, -0.1) is 11.8 Å². The van der Waals surface area contributed by atoms with E-state index in [0.717, 1.165) is 5.69 Å². The number of anilines is 1. The van der Waals surface area contributed by atoms with Crippen LogP contribution in [0.2, 0.25) is 0 Å². The summed E-state index contributed by atoms with van der Waals surface area (Å²) in [5.74, 6) is 0.251. The number of benzene rings is 6. The third-order valence-electron chi connectivity index (χ3n) is 10.0. The summed E-state index contributed by atoms with van der Waals surface area (Å²) in [6, 6.07) is 51.1. The van der Waals surface area contributed by atoms with Crippen molar-refractivity contribution in [2.75, 3.05) is 5.32 Å². The normalized spacial score (nSPS) is 19.2. The Labute approximate surface area is 272 Å². The van der Waals surface area contributed by atoms with Crippen LogP contribution in [0.5, 0.6) is 0 Å². The molecule has 0 saturated heterocycles. The Hall–Kier alpha value is -5.25. The van der Waals surface area contributed by atoms with E-state index in [-0.39, 0.29) is 17.3 Å². The fraction of sp³-hybridized carbons (Fsp3) is 0.0698. The molecule has 10 rings (SSSR count). The molecule has 1 aliphatic carbocycles. The standard InChI is InChI=1S/C43H30N2S/c1-2-14-28-27(12-1)13-11-20-29(28)37-26-41(44-38-21-8-5-17-32(37)38)45-39-22-9-6-18-33(39)35-24-25-36-31-16-4-3-15-30(31)34-19-7-10-23-40(34)46-43(36)42(35)45/h1-26,36,41,43-44H. The topological polar surface area (TPSA) is 17.0 Å². The van der Waals surface area contributed by atoms with Gasteiger partial charge in [0.05, 0.1) is 10.8 Å². The summed E-state index contributed by atoms with van der Waals surface area (Å²) in [5, 5.41) is 8.05. The molecular formula is C43H30N2S. The number of nitrogens with one attached hydrogen (secondary N) is 1. The van der Waals surface area contributed by atoms with Crippen LogP contribution in [-0.2, 0) is 0 Å². The van der Waals surface area contributed by atoms with E-state index < -0.39 is 0 Å². The van der Waals surface area contributed by atoms with Gasteiger partial charge in [-0.25, -0.2) is 0 Å². The molecule has 1 aromatic heterocycles. The third-order valence-corrected chi connectivity index (χ3v) is 11.4. The molecule has 3 heterocycles. The zero-order chi connectivity index (χ0) is 30.2. The van der Waals surface area contributed by atoms with Crippen LogP contribution in [0.1, 0.15) is 45.3 Å². The minimum absolute atomic E-state index is 0.0704. The van der Waals surface area contributed by atoms with Crippen molar-refractivity contribution in [2.45, 2.75) is 22.2 Å². The molecule has 0 spiro atoms. The molecule has 3 aliphatic rings. The van der Waals surface area contributed by atoms with Gasteiger partial charge in [0.25, 0.3) is 0 Å². The van der Waals surface area contributed by atoms with E-state index >= 15 is 0 Å². The monoisotopic (exact) mass is 606 g/mol. The quantitative estimate of drug-likeness (QED) is 0.211. The molecule has 2 aliphatic heterocycles. The van der Waals surface area contributed by atoms with E-state index in [1.165, 1.54) is 71.2 Å². The Bertz CT molecular complexity index is 2410. The van der Waals surface area contributed by atoms with Crippen molar-refractivity contribution in [2.24, 2.45) is 0 Å². The minimum Gasteiger partial charge on any atom is -0.361 e. The molecule has 0 amide bonds. The first-order valence-corrected chi connectivity index (χ1v) is 16.9. The second-order valence-electron chi connectivity index (χ2n) is 12.4. The van der Waals surface area contributed by atoms with Gasteiger partial charge in [0.1, 0.15) is 6.17 Å². The average Bonchev–Trinajstić information content (AvgIpc) is 3.38. The van der Waals surface area contributed by atoms with Gasteiger partial charge in [-0.05, 0) is 62.9 Å². The van der Waals surface area contributed by atoms with Gasteiger partial charge in [-0.3, -0.25) is 0 Å². The Morgan fingerprint density at radius 3 is 2.22 bits per heavy atom. The highest BCUT2D eigenvalue weighted by Gasteiger charge is 2.38. The van der Waals surface area contributed by atoms with Crippen molar-refractivity contribution in [3.63, 3.8) is 0 Å². The number of rotatable bonds is 2. The zero-order valence-electron chi connectivity index (χ0n) is 25.1. The van der Waals surface area contributed by atoms with Crippen LogP contribution >= 0.6 is 11.8 Å². The largest absolute Gasteiger partial charge is 0.361 e. The Balaban J connectivity index is 1.24. The Kier molecular flexibility index (Phi) is 5.73. The van der Waals surface area contributed by atoms with Crippen molar-refractivity contribution >= 4 is 50.8 Å². The number of thioether (sulfide) groups is 1. The summed E-state index contributed by atoms with van der Waals surface area (Å²) >= 11 is 2.02. The molecule has 0 fully saturated rings. The van der Waals surface area contributed by atoms with Crippen LogP contribution < -0.4 is 5.32 Å². The smallest absolute Gasteiger partial charge is 0.124 e. The predicted molar refractivity (Wildman–Crippen MR) is 194 cm³/mol. The lowest BCUT2D eigenvalue weighted by Gasteiger charge is -2.34. The van der Waals surface area contributed by atoms with Crippen LogP contribution in [0, 0.1) is 0 Å². The van der Waals surface area contributed by atoms with E-state index in [0.29, 0.717) is 0 Å². The molecule has 46 heavy (non-hydrogen) atoms. The number of fused-ring (bicyclic) bond motifs is 11. The number of hydrogen-bond donors (Lipinski definition) is 1. The molecule has 7 aromatic rings. The van der Waals surface area contributed by atoms with E-state index in [2.05, 4.69) is 168 Å². The highest BCUT2D eigenvalue weighted by molar-refractivity contribution is 7.99. The molecule has 218 valence electrons. The molecule has 3 unspecified atom stereocenters. The van der Waals surface area contributed by atoms with Crippen molar-refractivity contribution in [3.05, 3.63) is 180 Å². The van der Waals surface area contributed by atoms with Gasteiger partial charge >= 0.3 is 0 Å². The fourth-order valence-corrected chi connectivity index (χ4v) is 9.50. The van der Waals surface area contributed by atoms with Crippen molar-refractivity contribution in [1.82, 2.24) is 4.57 Å². The first-order valence-electron chi connectivity index (χ1n) is 16.1. The maximum Gasteiger partial charge on any atom is 0.124 e. The molecule has 0 saturated carbocycles. The first-order chi connectivity index (χ1) is 22.8. The van der Waals surface area contributed by atoms with Crippen LogP contribution in [-0.4, -0.2) is 4.57 Å². The Morgan fingerprint density at radius 1 is 0.587 bits per heavy atom. The Morgan fingerprint density at radius 2 is 1.28 bits per heavy atom. The average molecular weight is 607 g/mol. The molecule has 3 heteroatoms. The molecule has 0 radical (unpaired) electrons. The lowest BCUT2D eigenvalue weighted by atomic mass is 9.83. The number of nitrogens with zero attached hydrogens (tertiary/aromatic N) is 1. The fourth-order valence-electron chi connectivity index (χ4n) is 8.03. The second-order valence-corrected chi connectivity index (χ2v) is 13.6. The molecule has 3 atom stereocenters. The minimum atomic E-state index is -0.0704. The lowest BCUT2D eigenvalue weighted by molar-refractivity contribution is 0.634. The van der Waals surface area contributed by atoms with Gasteiger partial charge in [-0.1, -0.05) is 133 Å². The first kappa shape index (κ1) is 26.0. The van der Waals surface area contributed by atoms with E-state index in [1.807, 2.05) is 11.8 Å². The number of hydrogen-bond acceptors (Lipinski definition) is 2. The van der Waals surface area contributed by atoms with E-state index in [1.54, 1.807) is 0 Å². The van der Waals surface area contributed by atoms with E-state index in [4.69, 9.17) is 0 Å². The van der Waals surface area contributed by atoms with Gasteiger partial charge in [0.15, 0.2) is 0 Å². The number of aromatic nitrogens is 1. The lowest BCUT2D eigenvalue weighted by Crippen LogP contribution is -2.25. The van der Waals surface area contributed by atoms with Crippen LogP contribution in [0.15, 0.2) is 157 Å². The van der Waals surface area contributed by atoms with Crippen molar-refractivity contribution < 1.29 is 0 Å². The maximum atomic E-state index is 3.99. The third kappa shape index (κ3) is 3.79. The highest BCUT2D eigenvalue weighted by atomic mass is 32.2. The number of allylic oxidation sites excluding steroid dienone is 1. The summed E-state index contributed by atoms with van der Waals surface area (Å²) in [7, 11) is 0. The van der Waals surface area contributed by atoms with Gasteiger partial charge in [-0.2, -0.15) is 0 Å². The summed E-state index contributed by atoms with van der Waals surface area (Å²) in [6.07, 6.45) is 7.25. The van der Waals surface area contributed by atoms with Crippen molar-refractivity contribution in [1.29, 1.82) is 0 Å². The SMILES string of the molecule is C1=CC2c3ccccc3-c3ccccc3SC2c2c1c1ccccc1n2C1C=C(c2cccc3ccccc23)c2ccccc2N1. The molecular weight excluding hydrogens is 577 g/mol.